The van der Waals surface area contributed by atoms with Gasteiger partial charge in [-0.15, -0.1) is 0 Å². The summed E-state index contributed by atoms with van der Waals surface area (Å²) in [5, 5.41) is 8.96. The molecule has 0 atom stereocenters. The number of aryl methyl sites for hydroxylation is 2. The summed E-state index contributed by atoms with van der Waals surface area (Å²) in [5.41, 5.74) is 6.69. The van der Waals surface area contributed by atoms with Crippen LogP contribution in [0.25, 0.3) is 22.6 Å². The molecule has 4 aromatic rings. The topological polar surface area (TPSA) is 53.1 Å². The van der Waals surface area contributed by atoms with Gasteiger partial charge in [0.25, 0.3) is 0 Å². The van der Waals surface area contributed by atoms with E-state index in [0.717, 1.165) is 52.4 Å². The van der Waals surface area contributed by atoms with Gasteiger partial charge in [0.1, 0.15) is 5.75 Å². The van der Waals surface area contributed by atoms with Crippen LogP contribution < -0.4 is 4.74 Å². The summed E-state index contributed by atoms with van der Waals surface area (Å²) in [7, 11) is 1.68. The molecule has 1 aliphatic carbocycles. The summed E-state index contributed by atoms with van der Waals surface area (Å²) < 4.78 is 13.0. The lowest BCUT2D eigenvalue weighted by atomic mass is 9.93. The van der Waals surface area contributed by atoms with Crippen molar-refractivity contribution in [2.24, 2.45) is 0 Å². The summed E-state index contributed by atoms with van der Waals surface area (Å²) >= 11 is 0. The summed E-state index contributed by atoms with van der Waals surface area (Å²) in [6.07, 6.45) is 3.65. The number of benzene rings is 2. The molecule has 0 bridgehead atoms. The molecule has 2 aromatic carbocycles. The lowest BCUT2D eigenvalue weighted by Gasteiger charge is -2.12. The minimum absolute atomic E-state index is 0.685. The van der Waals surface area contributed by atoms with Crippen LogP contribution in [0.2, 0.25) is 0 Å². The van der Waals surface area contributed by atoms with Crippen LogP contribution in [-0.4, -0.2) is 22.0 Å². The third kappa shape index (κ3) is 2.72. The number of methoxy groups -OCH3 is 1. The van der Waals surface area contributed by atoms with E-state index in [2.05, 4.69) is 46.2 Å². The summed E-state index contributed by atoms with van der Waals surface area (Å²) in [4.78, 5) is 0. The maximum Gasteiger partial charge on any atom is 0.174 e. The quantitative estimate of drug-likeness (QED) is 0.544. The molecule has 0 radical (unpaired) electrons. The van der Waals surface area contributed by atoms with Crippen molar-refractivity contribution in [1.82, 2.24) is 14.9 Å². The van der Waals surface area contributed by atoms with E-state index in [1.165, 1.54) is 5.56 Å². The Hall–Kier alpha value is -3.34. The minimum Gasteiger partial charge on any atom is -0.497 e. The van der Waals surface area contributed by atoms with Crippen molar-refractivity contribution in [2.45, 2.75) is 19.4 Å². The standard InChI is InChI=1S/C22H19N3O2/c1-26-18-10-7-15(8-11-18)14-25-21(16-5-3-2-4-6-16)20-19(24-25)12-9-17-13-23-27-22(17)20/h2-8,10-11,13H,9,12,14H2,1H3. The highest BCUT2D eigenvalue weighted by molar-refractivity contribution is 5.83. The molecule has 134 valence electrons. The number of hydrogen-bond acceptors (Lipinski definition) is 4. The zero-order valence-corrected chi connectivity index (χ0v) is 15.1. The molecule has 2 aromatic heterocycles. The molecule has 0 fully saturated rings. The lowest BCUT2D eigenvalue weighted by molar-refractivity contribution is 0.414. The molecule has 0 amide bonds. The van der Waals surface area contributed by atoms with Gasteiger partial charge < -0.3 is 9.26 Å². The number of fused-ring (bicyclic) bond motifs is 3. The van der Waals surface area contributed by atoms with Crippen LogP contribution in [0.15, 0.2) is 65.3 Å². The fourth-order valence-electron chi connectivity index (χ4n) is 3.73. The Morgan fingerprint density at radius 3 is 2.63 bits per heavy atom. The average molecular weight is 357 g/mol. The molecular formula is C22H19N3O2. The predicted molar refractivity (Wildman–Crippen MR) is 103 cm³/mol. The Balaban J connectivity index is 1.65. The molecule has 5 rings (SSSR count). The van der Waals surface area contributed by atoms with Gasteiger partial charge in [-0.25, -0.2) is 0 Å². The molecule has 0 aliphatic heterocycles. The van der Waals surface area contributed by atoms with Crippen molar-refractivity contribution in [3.8, 4) is 28.3 Å². The highest BCUT2D eigenvalue weighted by atomic mass is 16.5. The van der Waals surface area contributed by atoms with Crippen LogP contribution in [0.5, 0.6) is 5.75 Å². The van der Waals surface area contributed by atoms with Crippen LogP contribution in [0.1, 0.15) is 16.8 Å². The minimum atomic E-state index is 0.685. The van der Waals surface area contributed by atoms with Crippen molar-refractivity contribution >= 4 is 0 Å². The molecule has 0 unspecified atom stereocenters. The highest BCUT2D eigenvalue weighted by Gasteiger charge is 2.29. The first-order valence-electron chi connectivity index (χ1n) is 9.05. The van der Waals surface area contributed by atoms with E-state index in [9.17, 15) is 0 Å². The zero-order valence-electron chi connectivity index (χ0n) is 15.1. The van der Waals surface area contributed by atoms with Crippen LogP contribution in [0.4, 0.5) is 0 Å². The monoisotopic (exact) mass is 357 g/mol. The largest absolute Gasteiger partial charge is 0.497 e. The Bertz CT molecular complexity index is 1080. The number of ether oxygens (including phenoxy) is 1. The Morgan fingerprint density at radius 1 is 1.04 bits per heavy atom. The smallest absolute Gasteiger partial charge is 0.174 e. The SMILES string of the molecule is COc1ccc(Cn2nc3c(c2-c2ccccc2)-c2oncc2CC3)cc1. The molecule has 5 heteroatoms. The van der Waals surface area contributed by atoms with E-state index in [1.54, 1.807) is 7.11 Å². The van der Waals surface area contributed by atoms with Gasteiger partial charge in [0, 0.05) is 11.1 Å². The first-order chi connectivity index (χ1) is 13.3. The van der Waals surface area contributed by atoms with Gasteiger partial charge in [-0.2, -0.15) is 5.10 Å². The van der Waals surface area contributed by atoms with Crippen LogP contribution in [-0.2, 0) is 19.4 Å². The molecular weight excluding hydrogens is 338 g/mol. The van der Waals surface area contributed by atoms with E-state index in [4.69, 9.17) is 14.4 Å². The third-order valence-corrected chi connectivity index (χ3v) is 5.07. The van der Waals surface area contributed by atoms with E-state index in [1.807, 2.05) is 24.4 Å². The second kappa shape index (κ2) is 6.43. The summed E-state index contributed by atoms with van der Waals surface area (Å²) in [5.74, 6) is 1.71. The Kier molecular flexibility index (Phi) is 3.78. The summed E-state index contributed by atoms with van der Waals surface area (Å²) in [6.45, 7) is 0.685. The van der Waals surface area contributed by atoms with E-state index in [0.29, 0.717) is 6.54 Å². The van der Waals surface area contributed by atoms with E-state index < -0.39 is 0 Å². The highest BCUT2D eigenvalue weighted by Crippen LogP contribution is 2.40. The van der Waals surface area contributed by atoms with Crippen molar-refractivity contribution < 1.29 is 9.26 Å². The lowest BCUT2D eigenvalue weighted by Crippen LogP contribution is -2.04. The van der Waals surface area contributed by atoms with Gasteiger partial charge in [-0.05, 0) is 30.5 Å². The molecule has 5 nitrogen and oxygen atoms in total. The van der Waals surface area contributed by atoms with Crippen molar-refractivity contribution in [2.75, 3.05) is 7.11 Å². The van der Waals surface area contributed by atoms with Crippen LogP contribution in [0, 0.1) is 0 Å². The zero-order chi connectivity index (χ0) is 18.2. The molecule has 1 aliphatic rings. The Morgan fingerprint density at radius 2 is 1.85 bits per heavy atom. The number of rotatable bonds is 4. The average Bonchev–Trinajstić information content (AvgIpc) is 3.33. The van der Waals surface area contributed by atoms with Crippen LogP contribution in [0.3, 0.4) is 0 Å². The van der Waals surface area contributed by atoms with E-state index in [-0.39, 0.29) is 0 Å². The number of aromatic nitrogens is 3. The Labute approximate surface area is 157 Å². The summed E-state index contributed by atoms with van der Waals surface area (Å²) in [6, 6.07) is 18.5. The molecule has 0 N–H and O–H groups in total. The molecule has 27 heavy (non-hydrogen) atoms. The third-order valence-electron chi connectivity index (χ3n) is 5.07. The van der Waals surface area contributed by atoms with Gasteiger partial charge in [0.2, 0.25) is 0 Å². The van der Waals surface area contributed by atoms with Gasteiger partial charge in [0.05, 0.1) is 36.8 Å². The predicted octanol–water partition coefficient (Wildman–Crippen LogP) is 4.36. The molecule has 0 spiro atoms. The van der Waals surface area contributed by atoms with Crippen LogP contribution >= 0.6 is 0 Å². The van der Waals surface area contributed by atoms with Crippen molar-refractivity contribution in [3.63, 3.8) is 0 Å². The first kappa shape index (κ1) is 15.9. The van der Waals surface area contributed by atoms with Gasteiger partial charge >= 0.3 is 0 Å². The second-order valence-corrected chi connectivity index (χ2v) is 6.72. The van der Waals surface area contributed by atoms with Crippen molar-refractivity contribution in [1.29, 1.82) is 0 Å². The molecule has 0 saturated heterocycles. The fourth-order valence-corrected chi connectivity index (χ4v) is 3.73. The fraction of sp³-hybridized carbons (Fsp3) is 0.182. The van der Waals surface area contributed by atoms with Gasteiger partial charge in [-0.3, -0.25) is 4.68 Å². The number of nitrogens with zero attached hydrogens (tertiary/aromatic N) is 3. The maximum absolute atomic E-state index is 5.62. The van der Waals surface area contributed by atoms with Gasteiger partial charge in [-0.1, -0.05) is 47.6 Å². The van der Waals surface area contributed by atoms with Gasteiger partial charge in [0.15, 0.2) is 5.76 Å². The first-order valence-corrected chi connectivity index (χ1v) is 9.05. The molecule has 2 heterocycles. The second-order valence-electron chi connectivity index (χ2n) is 6.72. The van der Waals surface area contributed by atoms with E-state index >= 15 is 0 Å². The number of hydrogen-bond donors (Lipinski definition) is 0. The van der Waals surface area contributed by atoms with Crippen molar-refractivity contribution in [3.05, 3.63) is 77.6 Å². The molecule has 0 saturated carbocycles. The maximum atomic E-state index is 5.62. The normalized spacial score (nSPS) is 12.5.